The quantitative estimate of drug-likeness (QED) is 0.760. The maximum atomic E-state index is 3.55. The van der Waals surface area contributed by atoms with Gasteiger partial charge in [0.05, 0.1) is 5.52 Å². The molecule has 0 bridgehead atoms. The summed E-state index contributed by atoms with van der Waals surface area (Å²) in [5, 5.41) is 1.39. The number of benzene rings is 1. The Hall–Kier alpha value is -0.760. The molecule has 1 aromatic heterocycles. The lowest BCUT2D eigenvalue weighted by atomic mass is 10.1. The summed E-state index contributed by atoms with van der Waals surface area (Å²) in [6.07, 6.45) is 4.88. The molecule has 1 aromatic carbocycles. The number of aromatic nitrogens is 1. The van der Waals surface area contributed by atoms with Gasteiger partial charge in [-0.25, -0.2) is 0 Å². The van der Waals surface area contributed by atoms with Crippen molar-refractivity contribution in [3.8, 4) is 0 Å². The molecule has 15 heavy (non-hydrogen) atoms. The van der Waals surface area contributed by atoms with Crippen LogP contribution in [0.25, 0.3) is 10.9 Å². The van der Waals surface area contributed by atoms with Crippen molar-refractivity contribution in [1.29, 1.82) is 0 Å². The van der Waals surface area contributed by atoms with Crippen molar-refractivity contribution >= 4 is 26.8 Å². The summed E-state index contributed by atoms with van der Waals surface area (Å²) in [4.78, 5) is 3.33. The van der Waals surface area contributed by atoms with Crippen molar-refractivity contribution in [2.24, 2.45) is 0 Å². The monoisotopic (exact) mass is 265 g/mol. The lowest BCUT2D eigenvalue weighted by Crippen LogP contribution is -1.74. The molecule has 0 atom stereocenters. The summed E-state index contributed by atoms with van der Waals surface area (Å²) in [6, 6.07) is 6.38. The van der Waals surface area contributed by atoms with Crippen LogP contribution < -0.4 is 0 Å². The SMILES string of the molecule is Brc1cccc2c(C3CC3)c[nH]c12.CC. The fourth-order valence-electron chi connectivity index (χ4n) is 1.87. The first-order valence-electron chi connectivity index (χ1n) is 5.62. The van der Waals surface area contributed by atoms with Crippen molar-refractivity contribution < 1.29 is 0 Å². The van der Waals surface area contributed by atoms with Crippen LogP contribution in [0, 0.1) is 0 Å². The Labute approximate surface area is 99.0 Å². The molecule has 1 aliphatic carbocycles. The molecule has 0 amide bonds. The third-order valence-corrected chi connectivity index (χ3v) is 3.37. The van der Waals surface area contributed by atoms with E-state index in [1.165, 1.54) is 29.3 Å². The molecule has 0 saturated heterocycles. The predicted octanol–water partition coefficient (Wildman–Crippen LogP) is 4.83. The summed E-state index contributed by atoms with van der Waals surface area (Å²) < 4.78 is 1.16. The second kappa shape index (κ2) is 4.40. The fourth-order valence-corrected chi connectivity index (χ4v) is 2.35. The zero-order valence-electron chi connectivity index (χ0n) is 9.18. The summed E-state index contributed by atoms with van der Waals surface area (Å²) >= 11 is 3.55. The maximum absolute atomic E-state index is 3.55. The van der Waals surface area contributed by atoms with E-state index in [0.717, 1.165) is 10.4 Å². The van der Waals surface area contributed by atoms with Crippen molar-refractivity contribution in [2.45, 2.75) is 32.6 Å². The van der Waals surface area contributed by atoms with E-state index in [1.807, 2.05) is 13.8 Å². The van der Waals surface area contributed by atoms with Crippen molar-refractivity contribution in [1.82, 2.24) is 4.98 Å². The standard InChI is InChI=1S/C11H10BrN.C2H6/c12-10-3-1-2-8-9(7-4-5-7)6-13-11(8)10;1-2/h1-3,6-7,13H,4-5H2;1-2H3. The molecule has 3 rings (SSSR count). The Kier molecular flexibility index (Phi) is 3.15. The van der Waals surface area contributed by atoms with Crippen LogP contribution in [0.4, 0.5) is 0 Å². The Morgan fingerprint density at radius 1 is 1.27 bits per heavy atom. The second-order valence-corrected chi connectivity index (χ2v) is 4.54. The topological polar surface area (TPSA) is 15.8 Å². The van der Waals surface area contributed by atoms with Crippen molar-refractivity contribution in [3.05, 3.63) is 34.4 Å². The minimum Gasteiger partial charge on any atom is -0.360 e. The highest BCUT2D eigenvalue weighted by Crippen LogP contribution is 2.43. The highest BCUT2D eigenvalue weighted by molar-refractivity contribution is 9.10. The van der Waals surface area contributed by atoms with E-state index in [9.17, 15) is 0 Å². The average Bonchev–Trinajstić information content (AvgIpc) is 3.02. The van der Waals surface area contributed by atoms with Gasteiger partial charge in [0.1, 0.15) is 0 Å². The number of hydrogen-bond donors (Lipinski definition) is 1. The van der Waals surface area contributed by atoms with Crippen molar-refractivity contribution in [3.63, 3.8) is 0 Å². The zero-order chi connectivity index (χ0) is 10.8. The lowest BCUT2D eigenvalue weighted by Gasteiger charge is -1.95. The molecule has 0 spiro atoms. The van der Waals surface area contributed by atoms with E-state index >= 15 is 0 Å². The molecule has 2 aromatic rings. The van der Waals surface area contributed by atoms with E-state index < -0.39 is 0 Å². The van der Waals surface area contributed by atoms with E-state index in [-0.39, 0.29) is 0 Å². The smallest absolute Gasteiger partial charge is 0.0601 e. The van der Waals surface area contributed by atoms with Gasteiger partial charge in [0.2, 0.25) is 0 Å². The van der Waals surface area contributed by atoms with Crippen molar-refractivity contribution in [2.75, 3.05) is 0 Å². The van der Waals surface area contributed by atoms with Gasteiger partial charge in [0, 0.05) is 16.1 Å². The van der Waals surface area contributed by atoms with Gasteiger partial charge in [-0.1, -0.05) is 26.0 Å². The predicted molar refractivity (Wildman–Crippen MR) is 69.3 cm³/mol. The Morgan fingerprint density at radius 2 is 2.00 bits per heavy atom. The second-order valence-electron chi connectivity index (χ2n) is 3.68. The molecule has 0 radical (unpaired) electrons. The summed E-state index contributed by atoms with van der Waals surface area (Å²) in [5.74, 6) is 0.822. The number of para-hydroxylation sites is 1. The third-order valence-electron chi connectivity index (χ3n) is 2.71. The average molecular weight is 266 g/mol. The van der Waals surface area contributed by atoms with Gasteiger partial charge >= 0.3 is 0 Å². The van der Waals surface area contributed by atoms with Crippen LogP contribution in [0.3, 0.4) is 0 Å². The van der Waals surface area contributed by atoms with Crippen LogP contribution in [0.15, 0.2) is 28.9 Å². The largest absolute Gasteiger partial charge is 0.360 e. The Morgan fingerprint density at radius 3 is 2.67 bits per heavy atom. The molecule has 0 unspecified atom stereocenters. The molecule has 1 aliphatic rings. The lowest BCUT2D eigenvalue weighted by molar-refractivity contribution is 1.15. The van der Waals surface area contributed by atoms with Gasteiger partial charge in [-0.15, -0.1) is 0 Å². The normalized spacial score (nSPS) is 14.9. The van der Waals surface area contributed by atoms with Crippen LogP contribution >= 0.6 is 15.9 Å². The number of H-pyrrole nitrogens is 1. The van der Waals surface area contributed by atoms with E-state index in [0.29, 0.717) is 0 Å². The molecular formula is C13H16BrN. The number of nitrogens with one attached hydrogen (secondary N) is 1. The molecule has 0 aliphatic heterocycles. The molecular weight excluding hydrogens is 250 g/mol. The first-order chi connectivity index (χ1) is 7.36. The molecule has 80 valence electrons. The van der Waals surface area contributed by atoms with Crippen LogP contribution in [-0.2, 0) is 0 Å². The number of halogens is 1. The molecule has 2 heteroatoms. The Bertz CT molecular complexity index is 455. The van der Waals surface area contributed by atoms with Gasteiger partial charge < -0.3 is 4.98 Å². The first kappa shape index (κ1) is 10.7. The van der Waals surface area contributed by atoms with Crippen LogP contribution in [0.5, 0.6) is 0 Å². The van der Waals surface area contributed by atoms with Gasteiger partial charge in [-0.2, -0.15) is 0 Å². The number of aromatic amines is 1. The van der Waals surface area contributed by atoms with Crippen LogP contribution in [0.2, 0.25) is 0 Å². The van der Waals surface area contributed by atoms with Crippen LogP contribution in [0.1, 0.15) is 38.2 Å². The number of fused-ring (bicyclic) bond motifs is 1. The highest BCUT2D eigenvalue weighted by atomic mass is 79.9. The zero-order valence-corrected chi connectivity index (χ0v) is 10.8. The van der Waals surface area contributed by atoms with E-state index in [2.05, 4.69) is 45.3 Å². The first-order valence-corrected chi connectivity index (χ1v) is 6.41. The third kappa shape index (κ3) is 1.96. The fraction of sp³-hybridized carbons (Fsp3) is 0.385. The Balaban J connectivity index is 0.000000404. The van der Waals surface area contributed by atoms with Gasteiger partial charge in [-0.3, -0.25) is 0 Å². The summed E-state index contributed by atoms with van der Waals surface area (Å²) in [5.41, 5.74) is 2.74. The molecule has 1 N–H and O–H groups in total. The highest BCUT2D eigenvalue weighted by Gasteiger charge is 2.26. The summed E-state index contributed by atoms with van der Waals surface area (Å²) in [7, 11) is 0. The molecule has 1 nitrogen and oxygen atoms in total. The minimum absolute atomic E-state index is 0.822. The van der Waals surface area contributed by atoms with Gasteiger partial charge in [0.15, 0.2) is 0 Å². The maximum Gasteiger partial charge on any atom is 0.0601 e. The molecule has 1 saturated carbocycles. The van der Waals surface area contributed by atoms with E-state index in [1.54, 1.807) is 0 Å². The number of hydrogen-bond acceptors (Lipinski definition) is 0. The molecule has 1 heterocycles. The van der Waals surface area contributed by atoms with Gasteiger partial charge in [0.25, 0.3) is 0 Å². The minimum atomic E-state index is 0.822. The van der Waals surface area contributed by atoms with E-state index in [4.69, 9.17) is 0 Å². The van der Waals surface area contributed by atoms with Gasteiger partial charge in [-0.05, 0) is 46.3 Å². The van der Waals surface area contributed by atoms with Crippen LogP contribution in [-0.4, -0.2) is 4.98 Å². The molecule has 1 fully saturated rings. The number of rotatable bonds is 1. The summed E-state index contributed by atoms with van der Waals surface area (Å²) in [6.45, 7) is 4.00.